The summed E-state index contributed by atoms with van der Waals surface area (Å²) in [6.45, 7) is 4.21. The second-order valence-corrected chi connectivity index (χ2v) is 7.25. The number of aromatic nitrogens is 2. The highest BCUT2D eigenvalue weighted by Crippen LogP contribution is 2.31. The van der Waals surface area contributed by atoms with E-state index < -0.39 is 0 Å². The fourth-order valence-corrected chi connectivity index (χ4v) is 3.48. The van der Waals surface area contributed by atoms with Gasteiger partial charge in [0.05, 0.1) is 0 Å². The molecule has 1 aromatic heterocycles. The zero-order chi connectivity index (χ0) is 17.0. The molecule has 0 fully saturated rings. The lowest BCUT2D eigenvalue weighted by atomic mass is 9.83. The van der Waals surface area contributed by atoms with Crippen LogP contribution in [0.5, 0.6) is 0 Å². The number of aryl methyl sites for hydroxylation is 1. The summed E-state index contributed by atoms with van der Waals surface area (Å²) in [4.78, 5) is 16.4. The van der Waals surface area contributed by atoms with Crippen LogP contribution >= 0.6 is 0 Å². The summed E-state index contributed by atoms with van der Waals surface area (Å²) < 4.78 is 2.09. The summed E-state index contributed by atoms with van der Waals surface area (Å²) in [6.07, 6.45) is 6.83. The Labute approximate surface area is 140 Å². The quantitative estimate of drug-likeness (QED) is 0.775. The first-order valence-corrected chi connectivity index (χ1v) is 8.89. The Kier molecular flexibility index (Phi) is 6.22. The molecule has 0 aromatic carbocycles. The van der Waals surface area contributed by atoms with E-state index in [0.29, 0.717) is 11.6 Å². The number of fused-ring (bicyclic) bond motifs is 1. The fourth-order valence-electron chi connectivity index (χ4n) is 3.48. The van der Waals surface area contributed by atoms with E-state index in [1.54, 1.807) is 4.90 Å². The maximum absolute atomic E-state index is 12.5. The third-order valence-corrected chi connectivity index (χ3v) is 4.71. The number of nitrogens with zero attached hydrogens (tertiary/aromatic N) is 4. The molecule has 0 spiro atoms. The number of carbonyl (C=O) groups excluding carboxylic acids is 1. The smallest absolute Gasteiger partial charge is 0.274 e. The van der Waals surface area contributed by atoms with Gasteiger partial charge in [-0.1, -0.05) is 6.92 Å². The van der Waals surface area contributed by atoms with E-state index >= 15 is 0 Å². The van der Waals surface area contributed by atoms with Crippen molar-refractivity contribution >= 4 is 5.91 Å². The van der Waals surface area contributed by atoms with Crippen molar-refractivity contribution in [2.45, 2.75) is 52.0 Å². The first-order valence-electron chi connectivity index (χ1n) is 8.89. The van der Waals surface area contributed by atoms with E-state index in [0.717, 1.165) is 32.4 Å². The van der Waals surface area contributed by atoms with Crippen molar-refractivity contribution in [2.24, 2.45) is 5.92 Å². The van der Waals surface area contributed by atoms with Gasteiger partial charge in [-0.05, 0) is 65.1 Å². The van der Waals surface area contributed by atoms with Crippen molar-refractivity contribution in [3.63, 3.8) is 0 Å². The molecule has 5 heteroatoms. The van der Waals surface area contributed by atoms with Crippen LogP contribution in [0.4, 0.5) is 0 Å². The molecule has 0 saturated heterocycles. The van der Waals surface area contributed by atoms with Crippen LogP contribution < -0.4 is 0 Å². The predicted molar refractivity (Wildman–Crippen MR) is 93.8 cm³/mol. The van der Waals surface area contributed by atoms with Gasteiger partial charge in [-0.15, -0.1) is 0 Å². The van der Waals surface area contributed by atoms with Gasteiger partial charge in [0, 0.05) is 31.9 Å². The molecule has 1 aliphatic rings. The van der Waals surface area contributed by atoms with E-state index in [2.05, 4.69) is 35.7 Å². The minimum atomic E-state index is 0.0463. The van der Waals surface area contributed by atoms with Crippen LogP contribution in [-0.2, 0) is 19.4 Å². The average molecular weight is 320 g/mol. The van der Waals surface area contributed by atoms with Gasteiger partial charge in [0.15, 0.2) is 5.69 Å². The molecule has 5 nitrogen and oxygen atoms in total. The fraction of sp³-hybridized carbons (Fsp3) is 0.778. The van der Waals surface area contributed by atoms with E-state index in [1.165, 1.54) is 30.5 Å². The second-order valence-electron chi connectivity index (χ2n) is 7.25. The third-order valence-electron chi connectivity index (χ3n) is 4.71. The molecule has 1 unspecified atom stereocenters. The summed E-state index contributed by atoms with van der Waals surface area (Å²) in [6, 6.07) is 0. The maximum atomic E-state index is 12.5. The molecule has 23 heavy (non-hydrogen) atoms. The maximum Gasteiger partial charge on any atom is 0.274 e. The molecular formula is C18H32N4O. The number of rotatable bonds is 7. The highest BCUT2D eigenvalue weighted by molar-refractivity contribution is 5.93. The zero-order valence-electron chi connectivity index (χ0n) is 15.4. The lowest BCUT2D eigenvalue weighted by Gasteiger charge is -2.24. The molecule has 0 N–H and O–H groups in total. The van der Waals surface area contributed by atoms with Crippen molar-refractivity contribution in [1.82, 2.24) is 19.6 Å². The number of hydrogen-bond donors (Lipinski definition) is 0. The van der Waals surface area contributed by atoms with Crippen molar-refractivity contribution in [1.29, 1.82) is 0 Å². The zero-order valence-corrected chi connectivity index (χ0v) is 15.4. The first-order chi connectivity index (χ1) is 10.9. The molecule has 1 amide bonds. The number of amides is 1. The Hall–Kier alpha value is -1.36. The van der Waals surface area contributed by atoms with Crippen molar-refractivity contribution < 1.29 is 4.79 Å². The molecule has 1 aromatic rings. The van der Waals surface area contributed by atoms with Crippen LogP contribution in [0.15, 0.2) is 0 Å². The summed E-state index contributed by atoms with van der Waals surface area (Å²) in [5.74, 6) is 0.737. The summed E-state index contributed by atoms with van der Waals surface area (Å²) in [5.41, 5.74) is 3.22. The van der Waals surface area contributed by atoms with Gasteiger partial charge in [0.2, 0.25) is 0 Å². The number of hydrogen-bond acceptors (Lipinski definition) is 3. The van der Waals surface area contributed by atoms with Crippen molar-refractivity contribution in [3.05, 3.63) is 17.0 Å². The van der Waals surface area contributed by atoms with Crippen molar-refractivity contribution in [2.75, 3.05) is 34.7 Å². The molecule has 0 aliphatic heterocycles. The standard InChI is InChI=1S/C18H32N4O/c1-6-11-22-16-10-9-14(8-7-12-20(2)3)13-15(16)17(19-22)18(23)21(4)5/h14H,6-13H2,1-5H3. The Bertz CT molecular complexity index is 533. The van der Waals surface area contributed by atoms with Gasteiger partial charge >= 0.3 is 0 Å². The minimum Gasteiger partial charge on any atom is -0.343 e. The summed E-state index contributed by atoms with van der Waals surface area (Å²) in [7, 11) is 7.87. The van der Waals surface area contributed by atoms with E-state index in [9.17, 15) is 4.79 Å². The molecule has 2 rings (SSSR count). The molecule has 0 bridgehead atoms. The van der Waals surface area contributed by atoms with Gasteiger partial charge in [0.1, 0.15) is 0 Å². The molecule has 0 radical (unpaired) electrons. The van der Waals surface area contributed by atoms with E-state index in [1.807, 2.05) is 14.1 Å². The normalized spacial score (nSPS) is 17.4. The van der Waals surface area contributed by atoms with Crippen LogP contribution in [-0.4, -0.2) is 60.2 Å². The molecule has 0 saturated carbocycles. The molecular weight excluding hydrogens is 288 g/mol. The molecule has 1 aliphatic carbocycles. The number of carbonyl (C=O) groups is 1. The van der Waals surface area contributed by atoms with Crippen LogP contribution in [0.2, 0.25) is 0 Å². The second kappa shape index (κ2) is 7.95. The van der Waals surface area contributed by atoms with Gasteiger partial charge in [0.25, 0.3) is 5.91 Å². The van der Waals surface area contributed by atoms with Gasteiger partial charge in [-0.25, -0.2) is 0 Å². The van der Waals surface area contributed by atoms with Gasteiger partial charge in [-0.2, -0.15) is 5.10 Å². The molecule has 1 heterocycles. The Morgan fingerprint density at radius 3 is 2.65 bits per heavy atom. The Morgan fingerprint density at radius 2 is 2.04 bits per heavy atom. The Morgan fingerprint density at radius 1 is 1.30 bits per heavy atom. The largest absolute Gasteiger partial charge is 0.343 e. The van der Waals surface area contributed by atoms with Crippen LogP contribution in [0.1, 0.15) is 54.4 Å². The van der Waals surface area contributed by atoms with Gasteiger partial charge in [-0.3, -0.25) is 9.48 Å². The molecule has 1 atom stereocenters. The van der Waals surface area contributed by atoms with Crippen LogP contribution in [0, 0.1) is 5.92 Å². The monoisotopic (exact) mass is 320 g/mol. The van der Waals surface area contributed by atoms with Crippen molar-refractivity contribution in [3.8, 4) is 0 Å². The lowest BCUT2D eigenvalue weighted by Crippen LogP contribution is -2.25. The Balaban J connectivity index is 2.16. The predicted octanol–water partition coefficient (Wildman–Crippen LogP) is 2.44. The topological polar surface area (TPSA) is 41.4 Å². The van der Waals surface area contributed by atoms with Gasteiger partial charge < -0.3 is 9.80 Å². The van der Waals surface area contributed by atoms with E-state index in [4.69, 9.17) is 0 Å². The summed E-state index contributed by atoms with van der Waals surface area (Å²) >= 11 is 0. The third kappa shape index (κ3) is 4.34. The first kappa shape index (κ1) is 18.0. The summed E-state index contributed by atoms with van der Waals surface area (Å²) in [5, 5.41) is 4.66. The van der Waals surface area contributed by atoms with Crippen LogP contribution in [0.25, 0.3) is 0 Å². The average Bonchev–Trinajstić information content (AvgIpc) is 2.84. The van der Waals surface area contributed by atoms with E-state index in [-0.39, 0.29) is 5.91 Å². The van der Waals surface area contributed by atoms with Crippen LogP contribution in [0.3, 0.4) is 0 Å². The lowest BCUT2D eigenvalue weighted by molar-refractivity contribution is 0.0819. The SMILES string of the molecule is CCCn1nc(C(=O)N(C)C)c2c1CCC(CCCN(C)C)C2. The minimum absolute atomic E-state index is 0.0463. The highest BCUT2D eigenvalue weighted by atomic mass is 16.2. The highest BCUT2D eigenvalue weighted by Gasteiger charge is 2.29. The molecule has 130 valence electrons.